The van der Waals surface area contributed by atoms with Gasteiger partial charge in [0.05, 0.1) is 5.52 Å². The summed E-state index contributed by atoms with van der Waals surface area (Å²) in [5.74, 6) is -1.39. The van der Waals surface area contributed by atoms with Crippen LogP contribution in [0.1, 0.15) is 26.9 Å². The molecule has 0 fully saturated rings. The van der Waals surface area contributed by atoms with Crippen molar-refractivity contribution in [3.8, 4) is 0 Å². The number of amides is 1. The number of hydrogen-bond acceptors (Lipinski definition) is 5. The summed E-state index contributed by atoms with van der Waals surface area (Å²) in [6, 6.07) is 18.2. The molecule has 0 aliphatic heterocycles. The molecule has 7 heteroatoms. The Morgan fingerprint density at radius 2 is 1.90 bits per heavy atom. The number of esters is 1. The van der Waals surface area contributed by atoms with Crippen LogP contribution >= 0.6 is 11.3 Å². The van der Waals surface area contributed by atoms with Crippen LogP contribution in [-0.2, 0) is 16.1 Å². The molecule has 2 aromatic carbocycles. The molecule has 1 atom stereocenters. The maximum absolute atomic E-state index is 13.1. The van der Waals surface area contributed by atoms with E-state index in [1.165, 1.54) is 23.5 Å². The van der Waals surface area contributed by atoms with Gasteiger partial charge in [0.2, 0.25) is 6.10 Å². The van der Waals surface area contributed by atoms with Gasteiger partial charge in [-0.05, 0) is 47.3 Å². The number of nitrogens with zero attached hydrogens (tertiary/aromatic N) is 1. The molecule has 1 N–H and O–H groups in total. The number of pyridine rings is 1. The van der Waals surface area contributed by atoms with Gasteiger partial charge in [-0.1, -0.05) is 30.3 Å². The lowest BCUT2D eigenvalue weighted by molar-refractivity contribution is -0.130. The molecule has 4 aromatic rings. The highest BCUT2D eigenvalue weighted by molar-refractivity contribution is 7.11. The van der Waals surface area contributed by atoms with Crippen LogP contribution < -0.4 is 5.32 Å². The van der Waals surface area contributed by atoms with Gasteiger partial charge in [0.25, 0.3) is 5.91 Å². The molecule has 4 rings (SSSR count). The molecule has 2 heterocycles. The summed E-state index contributed by atoms with van der Waals surface area (Å²) in [7, 11) is 0. The molecule has 0 bridgehead atoms. The van der Waals surface area contributed by atoms with E-state index < -0.39 is 18.0 Å². The van der Waals surface area contributed by atoms with E-state index in [-0.39, 0.29) is 12.4 Å². The quantitative estimate of drug-likeness (QED) is 0.461. The van der Waals surface area contributed by atoms with E-state index in [2.05, 4.69) is 10.3 Å². The lowest BCUT2D eigenvalue weighted by Crippen LogP contribution is -2.31. The number of hydrogen-bond donors (Lipinski definition) is 1. The second kappa shape index (κ2) is 8.84. The SMILES string of the molecule is O=C(OC(C(=O)NCc1ccc(F)cc1)c1ccc2ncccc2c1)c1cccs1. The number of halogens is 1. The fourth-order valence-corrected chi connectivity index (χ4v) is 3.58. The standard InChI is InChI=1S/C23H17FN2O3S/c24-18-8-5-15(6-9-18)14-26-22(27)21(29-23(28)20-4-2-12-30-20)17-7-10-19-16(13-17)3-1-11-25-19/h1-13,21H,14H2,(H,26,27). The van der Waals surface area contributed by atoms with E-state index in [9.17, 15) is 14.0 Å². The van der Waals surface area contributed by atoms with Gasteiger partial charge < -0.3 is 10.1 Å². The van der Waals surface area contributed by atoms with Crippen molar-refractivity contribution in [2.45, 2.75) is 12.6 Å². The Labute approximate surface area is 176 Å². The summed E-state index contributed by atoms with van der Waals surface area (Å²) < 4.78 is 18.7. The molecule has 0 spiro atoms. The van der Waals surface area contributed by atoms with Crippen LogP contribution in [0.5, 0.6) is 0 Å². The number of thiophene rings is 1. The number of benzene rings is 2. The second-order valence-electron chi connectivity index (χ2n) is 6.56. The summed E-state index contributed by atoms with van der Waals surface area (Å²) in [5, 5.41) is 5.36. The van der Waals surface area contributed by atoms with Gasteiger partial charge in [-0.2, -0.15) is 0 Å². The normalized spacial score (nSPS) is 11.8. The van der Waals surface area contributed by atoms with Gasteiger partial charge in [0.1, 0.15) is 10.7 Å². The first-order valence-electron chi connectivity index (χ1n) is 9.21. The summed E-state index contributed by atoms with van der Waals surface area (Å²) in [6.45, 7) is 0.182. The molecule has 1 unspecified atom stereocenters. The van der Waals surface area contributed by atoms with E-state index in [0.29, 0.717) is 10.4 Å². The van der Waals surface area contributed by atoms with E-state index in [0.717, 1.165) is 16.5 Å². The molecule has 2 aromatic heterocycles. The Balaban J connectivity index is 1.58. The van der Waals surface area contributed by atoms with Crippen LogP contribution in [0.25, 0.3) is 10.9 Å². The first kappa shape index (κ1) is 19.7. The Morgan fingerprint density at radius 1 is 1.07 bits per heavy atom. The first-order chi connectivity index (χ1) is 14.6. The topological polar surface area (TPSA) is 68.3 Å². The van der Waals surface area contributed by atoms with Crippen LogP contribution in [0.15, 0.2) is 78.3 Å². The zero-order chi connectivity index (χ0) is 20.9. The number of carbonyl (C=O) groups excluding carboxylic acids is 2. The molecule has 0 saturated carbocycles. The highest BCUT2D eigenvalue weighted by Crippen LogP contribution is 2.24. The van der Waals surface area contributed by atoms with Crippen LogP contribution in [-0.4, -0.2) is 16.9 Å². The fourth-order valence-electron chi connectivity index (χ4n) is 2.97. The van der Waals surface area contributed by atoms with Crippen molar-refractivity contribution in [2.24, 2.45) is 0 Å². The lowest BCUT2D eigenvalue weighted by Gasteiger charge is -2.18. The third-order valence-electron chi connectivity index (χ3n) is 4.50. The monoisotopic (exact) mass is 420 g/mol. The Hall–Kier alpha value is -3.58. The highest BCUT2D eigenvalue weighted by Gasteiger charge is 2.26. The van der Waals surface area contributed by atoms with E-state index in [4.69, 9.17) is 4.74 Å². The lowest BCUT2D eigenvalue weighted by atomic mass is 10.1. The van der Waals surface area contributed by atoms with Crippen LogP contribution in [0.4, 0.5) is 4.39 Å². The smallest absolute Gasteiger partial charge is 0.349 e. The minimum atomic E-state index is -1.13. The first-order valence-corrected chi connectivity index (χ1v) is 10.1. The van der Waals surface area contributed by atoms with Gasteiger partial charge >= 0.3 is 5.97 Å². The summed E-state index contributed by atoms with van der Waals surface area (Å²) >= 11 is 1.24. The van der Waals surface area contributed by atoms with Gasteiger partial charge in [0, 0.05) is 23.7 Å². The number of fused-ring (bicyclic) bond motifs is 1. The van der Waals surface area contributed by atoms with Crippen molar-refractivity contribution >= 4 is 34.1 Å². The predicted octanol–water partition coefficient (Wildman–Crippen LogP) is 4.65. The largest absolute Gasteiger partial charge is 0.443 e. The molecule has 1 amide bonds. The molecular formula is C23H17FN2O3S. The average Bonchev–Trinajstić information content (AvgIpc) is 3.31. The van der Waals surface area contributed by atoms with Gasteiger partial charge in [-0.25, -0.2) is 9.18 Å². The van der Waals surface area contributed by atoms with E-state index >= 15 is 0 Å². The fraction of sp³-hybridized carbons (Fsp3) is 0.0870. The van der Waals surface area contributed by atoms with Crippen LogP contribution in [0.3, 0.4) is 0 Å². The maximum atomic E-state index is 13.1. The summed E-state index contributed by atoms with van der Waals surface area (Å²) in [4.78, 5) is 30.2. The summed E-state index contributed by atoms with van der Waals surface area (Å²) in [5.41, 5.74) is 2.05. The second-order valence-corrected chi connectivity index (χ2v) is 7.51. The van der Waals surface area contributed by atoms with Crippen LogP contribution in [0, 0.1) is 5.82 Å². The molecule has 0 saturated heterocycles. The number of carbonyl (C=O) groups is 2. The molecule has 30 heavy (non-hydrogen) atoms. The third kappa shape index (κ3) is 4.52. The van der Waals surface area contributed by atoms with E-state index in [1.54, 1.807) is 60.1 Å². The van der Waals surface area contributed by atoms with Gasteiger partial charge in [-0.3, -0.25) is 9.78 Å². The molecule has 150 valence electrons. The molecule has 5 nitrogen and oxygen atoms in total. The van der Waals surface area contributed by atoms with Crippen molar-refractivity contribution in [3.63, 3.8) is 0 Å². The summed E-state index contributed by atoms with van der Waals surface area (Å²) in [6.07, 6.45) is 0.552. The number of nitrogens with one attached hydrogen (secondary N) is 1. The van der Waals surface area contributed by atoms with Crippen LogP contribution in [0.2, 0.25) is 0 Å². The Bertz CT molecular complexity index is 1180. The molecule has 0 radical (unpaired) electrons. The number of aromatic nitrogens is 1. The Kier molecular flexibility index (Phi) is 5.81. The third-order valence-corrected chi connectivity index (χ3v) is 5.35. The van der Waals surface area contributed by atoms with E-state index in [1.807, 2.05) is 6.07 Å². The Morgan fingerprint density at radius 3 is 2.67 bits per heavy atom. The molecule has 0 aliphatic carbocycles. The van der Waals surface area contributed by atoms with Crippen molar-refractivity contribution in [1.29, 1.82) is 0 Å². The number of ether oxygens (including phenoxy) is 1. The molecule has 0 aliphatic rings. The van der Waals surface area contributed by atoms with Crippen molar-refractivity contribution < 1.29 is 18.7 Å². The maximum Gasteiger partial charge on any atom is 0.349 e. The molecular weight excluding hydrogens is 403 g/mol. The zero-order valence-electron chi connectivity index (χ0n) is 15.7. The van der Waals surface area contributed by atoms with Gasteiger partial charge in [-0.15, -0.1) is 11.3 Å². The zero-order valence-corrected chi connectivity index (χ0v) is 16.6. The van der Waals surface area contributed by atoms with Crippen molar-refractivity contribution in [3.05, 3.63) is 100 Å². The number of rotatable bonds is 6. The van der Waals surface area contributed by atoms with Gasteiger partial charge in [0.15, 0.2) is 0 Å². The predicted molar refractivity (Wildman–Crippen MR) is 112 cm³/mol. The highest BCUT2D eigenvalue weighted by atomic mass is 32.1. The minimum Gasteiger partial charge on any atom is -0.443 e. The minimum absolute atomic E-state index is 0.182. The van der Waals surface area contributed by atoms with Crippen molar-refractivity contribution in [1.82, 2.24) is 10.3 Å². The van der Waals surface area contributed by atoms with Crippen molar-refractivity contribution in [2.75, 3.05) is 0 Å². The average molecular weight is 420 g/mol.